The summed E-state index contributed by atoms with van der Waals surface area (Å²) in [4.78, 5) is 11.2. The van der Waals surface area contributed by atoms with E-state index in [2.05, 4.69) is 0 Å². The van der Waals surface area contributed by atoms with Gasteiger partial charge in [0.2, 0.25) is 0 Å². The third kappa shape index (κ3) is 1.83. The third-order valence-electron chi connectivity index (χ3n) is 3.44. The van der Waals surface area contributed by atoms with Crippen molar-refractivity contribution in [1.29, 1.82) is 0 Å². The molecule has 2 N–H and O–H groups in total. The Labute approximate surface area is 95.7 Å². The molecule has 0 aromatic heterocycles. The SMILES string of the molecule is Cc1ccc(C(C)(CO)C(=O)O)c(C)c1C. The van der Waals surface area contributed by atoms with E-state index in [1.807, 2.05) is 26.8 Å². The molecule has 1 unspecified atom stereocenters. The van der Waals surface area contributed by atoms with Gasteiger partial charge in [0.15, 0.2) is 0 Å². The van der Waals surface area contributed by atoms with Crippen LogP contribution in [-0.2, 0) is 10.2 Å². The van der Waals surface area contributed by atoms with Gasteiger partial charge in [0.1, 0.15) is 5.41 Å². The van der Waals surface area contributed by atoms with Crippen molar-refractivity contribution >= 4 is 5.97 Å². The molecule has 1 atom stereocenters. The number of aliphatic carboxylic acids is 1. The van der Waals surface area contributed by atoms with E-state index in [9.17, 15) is 15.0 Å². The summed E-state index contributed by atoms with van der Waals surface area (Å²) in [5, 5.41) is 18.5. The van der Waals surface area contributed by atoms with Gasteiger partial charge < -0.3 is 10.2 Å². The number of hydrogen-bond acceptors (Lipinski definition) is 2. The van der Waals surface area contributed by atoms with Crippen LogP contribution in [-0.4, -0.2) is 22.8 Å². The molecular weight excluding hydrogens is 204 g/mol. The van der Waals surface area contributed by atoms with Crippen molar-refractivity contribution in [3.8, 4) is 0 Å². The number of carboxylic acids is 1. The molecule has 0 saturated carbocycles. The smallest absolute Gasteiger partial charge is 0.316 e. The molecule has 0 spiro atoms. The first-order valence-corrected chi connectivity index (χ1v) is 5.26. The molecule has 1 rings (SSSR count). The maximum atomic E-state index is 11.2. The molecular formula is C13H18O3. The minimum absolute atomic E-state index is 0.397. The summed E-state index contributed by atoms with van der Waals surface area (Å²) >= 11 is 0. The van der Waals surface area contributed by atoms with Gasteiger partial charge in [0, 0.05) is 0 Å². The molecule has 0 aliphatic carbocycles. The first-order chi connectivity index (χ1) is 7.34. The summed E-state index contributed by atoms with van der Waals surface area (Å²) in [5.74, 6) is -0.999. The highest BCUT2D eigenvalue weighted by Crippen LogP contribution is 2.29. The van der Waals surface area contributed by atoms with Crippen molar-refractivity contribution in [2.75, 3.05) is 6.61 Å². The van der Waals surface area contributed by atoms with Crippen molar-refractivity contribution in [1.82, 2.24) is 0 Å². The summed E-state index contributed by atoms with van der Waals surface area (Å²) in [7, 11) is 0. The lowest BCUT2D eigenvalue weighted by Gasteiger charge is -2.26. The van der Waals surface area contributed by atoms with Gasteiger partial charge in [-0.25, -0.2) is 0 Å². The highest BCUT2D eigenvalue weighted by molar-refractivity contribution is 5.81. The molecule has 1 aromatic rings. The molecule has 16 heavy (non-hydrogen) atoms. The third-order valence-corrected chi connectivity index (χ3v) is 3.44. The fraction of sp³-hybridized carbons (Fsp3) is 0.462. The number of aryl methyl sites for hydroxylation is 1. The molecule has 1 aromatic carbocycles. The molecule has 0 saturated heterocycles. The number of rotatable bonds is 3. The van der Waals surface area contributed by atoms with Crippen LogP contribution >= 0.6 is 0 Å². The lowest BCUT2D eigenvalue weighted by Crippen LogP contribution is -2.37. The van der Waals surface area contributed by atoms with Crippen LogP contribution in [0.5, 0.6) is 0 Å². The Hall–Kier alpha value is -1.35. The number of aliphatic hydroxyl groups excluding tert-OH is 1. The Morgan fingerprint density at radius 1 is 1.25 bits per heavy atom. The molecule has 0 aliphatic rings. The highest BCUT2D eigenvalue weighted by atomic mass is 16.4. The maximum absolute atomic E-state index is 11.2. The van der Waals surface area contributed by atoms with Crippen LogP contribution < -0.4 is 0 Å². The molecule has 0 heterocycles. The molecule has 0 aliphatic heterocycles. The molecule has 88 valence electrons. The second-order valence-electron chi connectivity index (χ2n) is 4.48. The fourth-order valence-corrected chi connectivity index (χ4v) is 1.82. The summed E-state index contributed by atoms with van der Waals surface area (Å²) < 4.78 is 0. The Bertz CT molecular complexity index is 423. The van der Waals surface area contributed by atoms with Crippen molar-refractivity contribution in [3.05, 3.63) is 34.4 Å². The summed E-state index contributed by atoms with van der Waals surface area (Å²) in [5.41, 5.74) is 2.62. The lowest BCUT2D eigenvalue weighted by molar-refractivity contribution is -0.144. The Morgan fingerprint density at radius 3 is 2.25 bits per heavy atom. The van der Waals surface area contributed by atoms with E-state index >= 15 is 0 Å². The summed E-state index contributed by atoms with van der Waals surface area (Å²) in [6, 6.07) is 3.69. The van der Waals surface area contributed by atoms with Crippen molar-refractivity contribution < 1.29 is 15.0 Å². The van der Waals surface area contributed by atoms with Crippen LogP contribution in [0.2, 0.25) is 0 Å². The Kier molecular flexibility index (Phi) is 3.38. The van der Waals surface area contributed by atoms with Crippen LogP contribution in [0, 0.1) is 20.8 Å². The van der Waals surface area contributed by atoms with Gasteiger partial charge in [-0.05, 0) is 49.9 Å². The van der Waals surface area contributed by atoms with Gasteiger partial charge in [0.05, 0.1) is 6.61 Å². The van der Waals surface area contributed by atoms with Gasteiger partial charge in [-0.15, -0.1) is 0 Å². The second kappa shape index (κ2) is 4.26. The zero-order valence-electron chi connectivity index (χ0n) is 10.2. The van der Waals surface area contributed by atoms with Crippen LogP contribution in [0.15, 0.2) is 12.1 Å². The predicted octanol–water partition coefficient (Wildman–Crippen LogP) is 1.95. The van der Waals surface area contributed by atoms with Crippen molar-refractivity contribution in [2.24, 2.45) is 0 Å². The topological polar surface area (TPSA) is 57.5 Å². The molecule has 0 amide bonds. The largest absolute Gasteiger partial charge is 0.481 e. The van der Waals surface area contributed by atoms with E-state index in [0.29, 0.717) is 5.56 Å². The van der Waals surface area contributed by atoms with Gasteiger partial charge in [-0.2, -0.15) is 0 Å². The average molecular weight is 222 g/mol. The lowest BCUT2D eigenvalue weighted by atomic mass is 9.79. The van der Waals surface area contributed by atoms with E-state index in [4.69, 9.17) is 0 Å². The number of carbonyl (C=O) groups is 1. The monoisotopic (exact) mass is 222 g/mol. The quantitative estimate of drug-likeness (QED) is 0.821. The van der Waals surface area contributed by atoms with Gasteiger partial charge in [-0.1, -0.05) is 12.1 Å². The van der Waals surface area contributed by atoms with E-state index in [0.717, 1.165) is 16.7 Å². The molecule has 3 heteroatoms. The number of benzene rings is 1. The Morgan fingerprint density at radius 2 is 1.81 bits per heavy atom. The van der Waals surface area contributed by atoms with E-state index in [1.54, 1.807) is 13.0 Å². The maximum Gasteiger partial charge on any atom is 0.316 e. The van der Waals surface area contributed by atoms with E-state index in [1.165, 1.54) is 0 Å². The van der Waals surface area contributed by atoms with Crippen LogP contribution in [0.1, 0.15) is 29.2 Å². The number of carboxylic acid groups (broad SMARTS) is 1. The van der Waals surface area contributed by atoms with Crippen LogP contribution in [0.4, 0.5) is 0 Å². The molecule has 3 nitrogen and oxygen atoms in total. The normalized spacial score (nSPS) is 14.6. The minimum Gasteiger partial charge on any atom is -0.481 e. The van der Waals surface area contributed by atoms with Gasteiger partial charge >= 0.3 is 5.97 Å². The summed E-state index contributed by atoms with van der Waals surface area (Å²) in [6.07, 6.45) is 0. The first kappa shape index (κ1) is 12.7. The highest BCUT2D eigenvalue weighted by Gasteiger charge is 2.36. The molecule has 0 bridgehead atoms. The first-order valence-electron chi connectivity index (χ1n) is 5.26. The average Bonchev–Trinajstić information content (AvgIpc) is 2.25. The molecule has 0 radical (unpaired) electrons. The zero-order chi connectivity index (χ0) is 12.5. The van der Waals surface area contributed by atoms with Gasteiger partial charge in [-0.3, -0.25) is 4.79 Å². The second-order valence-corrected chi connectivity index (χ2v) is 4.48. The Balaban J connectivity index is 3.44. The van der Waals surface area contributed by atoms with Crippen molar-refractivity contribution in [3.63, 3.8) is 0 Å². The van der Waals surface area contributed by atoms with Gasteiger partial charge in [0.25, 0.3) is 0 Å². The molecule has 0 fully saturated rings. The standard InChI is InChI=1S/C13H18O3/c1-8-5-6-11(10(3)9(8)2)13(4,7-14)12(15)16/h5-6,14H,7H2,1-4H3,(H,15,16). The van der Waals surface area contributed by atoms with Crippen molar-refractivity contribution in [2.45, 2.75) is 33.1 Å². The predicted molar refractivity (Wildman–Crippen MR) is 62.7 cm³/mol. The van der Waals surface area contributed by atoms with Crippen LogP contribution in [0.25, 0.3) is 0 Å². The minimum atomic E-state index is -1.22. The zero-order valence-corrected chi connectivity index (χ0v) is 10.2. The van der Waals surface area contributed by atoms with E-state index in [-0.39, 0.29) is 0 Å². The summed E-state index contributed by atoms with van der Waals surface area (Å²) in [6.45, 7) is 7.00. The number of hydrogen-bond donors (Lipinski definition) is 2. The number of aliphatic hydroxyl groups is 1. The fourth-order valence-electron chi connectivity index (χ4n) is 1.82. The van der Waals surface area contributed by atoms with E-state index < -0.39 is 18.0 Å². The van der Waals surface area contributed by atoms with Crippen LogP contribution in [0.3, 0.4) is 0 Å².